The fourth-order valence-electron chi connectivity index (χ4n) is 6.11. The van der Waals surface area contributed by atoms with Crippen molar-refractivity contribution in [1.82, 2.24) is 24.7 Å². The SMILES string of the molecule is CSc1ccc(OP(=O)(Oc2ccc(SC)cc2)[C@@H](NC(=O)[C@@H]2CCCN2C(=O)[C@@H](NC(=O)Cn2cc(C)c(=O)n(CC(=O)O)c2=O)C(C)C)C(C)C)cc1. The van der Waals surface area contributed by atoms with Crippen LogP contribution in [0.3, 0.4) is 0 Å². The van der Waals surface area contributed by atoms with Crippen LogP contribution in [0.1, 0.15) is 46.1 Å². The Bertz CT molecular complexity index is 1980. The highest BCUT2D eigenvalue weighted by Crippen LogP contribution is 2.54. The van der Waals surface area contributed by atoms with Crippen LogP contribution < -0.4 is 30.9 Å². The van der Waals surface area contributed by atoms with Crippen molar-refractivity contribution in [1.29, 1.82) is 0 Å². The Morgan fingerprint density at radius 2 is 1.42 bits per heavy atom. The number of carboxylic acid groups (broad SMARTS) is 1. The molecule has 1 aliphatic rings. The Labute approximate surface area is 328 Å². The standard InChI is InChI=1S/C37H48N5O10PS2/c1-22(2)32(38-30(43)20-40-19-24(5)35(47)42(37(40)49)21-31(44)45)36(48)41-18-8-9-29(41)33(46)39-34(23(3)4)53(50,51-25-10-14-27(54-6)15-11-25)52-26-12-16-28(55-7)17-13-26/h10-17,19,22-23,29,32,34H,8-9,18,20-21H2,1-7H3,(H,38,43)(H,39,46)(H,44,45)/t29-,32-,34+/m0/s1. The van der Waals surface area contributed by atoms with Gasteiger partial charge in [-0.25, -0.2) is 13.9 Å². The van der Waals surface area contributed by atoms with E-state index >= 15 is 0 Å². The van der Waals surface area contributed by atoms with Gasteiger partial charge in [0.2, 0.25) is 17.7 Å². The summed E-state index contributed by atoms with van der Waals surface area (Å²) < 4.78 is 28.6. The molecular formula is C37H48N5O10PS2. The third kappa shape index (κ3) is 10.9. The Balaban J connectivity index is 1.57. The molecule has 55 heavy (non-hydrogen) atoms. The largest absolute Gasteiger partial charge is 0.480 e. The lowest BCUT2D eigenvalue weighted by molar-refractivity contribution is -0.142. The van der Waals surface area contributed by atoms with Crippen molar-refractivity contribution in [3.05, 3.63) is 81.1 Å². The third-order valence-corrected chi connectivity index (χ3v) is 12.8. The zero-order valence-electron chi connectivity index (χ0n) is 31.8. The summed E-state index contributed by atoms with van der Waals surface area (Å²) in [6.45, 7) is 7.12. The summed E-state index contributed by atoms with van der Waals surface area (Å²) in [6, 6.07) is 11.9. The first-order valence-electron chi connectivity index (χ1n) is 17.7. The minimum Gasteiger partial charge on any atom is -0.480 e. The summed E-state index contributed by atoms with van der Waals surface area (Å²) in [4.78, 5) is 81.3. The van der Waals surface area contributed by atoms with E-state index in [1.807, 2.05) is 36.8 Å². The van der Waals surface area contributed by atoms with Crippen LogP contribution in [0.15, 0.2) is 74.1 Å². The number of thioether (sulfide) groups is 2. The van der Waals surface area contributed by atoms with Gasteiger partial charge in [0.15, 0.2) is 5.78 Å². The minimum atomic E-state index is -4.21. The molecule has 15 nitrogen and oxygen atoms in total. The van der Waals surface area contributed by atoms with Gasteiger partial charge in [-0.3, -0.25) is 28.5 Å². The molecule has 1 aromatic heterocycles. The van der Waals surface area contributed by atoms with E-state index < -0.39 is 85.3 Å². The van der Waals surface area contributed by atoms with Gasteiger partial charge in [0.1, 0.15) is 36.7 Å². The predicted molar refractivity (Wildman–Crippen MR) is 211 cm³/mol. The number of likely N-dealkylation sites (tertiary alicyclic amines) is 1. The van der Waals surface area contributed by atoms with Crippen LogP contribution in [0.25, 0.3) is 0 Å². The van der Waals surface area contributed by atoms with Gasteiger partial charge in [0, 0.05) is 28.1 Å². The van der Waals surface area contributed by atoms with Gasteiger partial charge in [-0.1, -0.05) is 27.7 Å². The molecule has 0 radical (unpaired) electrons. The number of rotatable bonds is 17. The molecule has 3 amide bonds. The molecule has 18 heteroatoms. The van der Waals surface area contributed by atoms with Crippen LogP contribution in [0, 0.1) is 18.8 Å². The Morgan fingerprint density at radius 1 is 0.873 bits per heavy atom. The zero-order chi connectivity index (χ0) is 40.6. The number of carboxylic acids is 1. The van der Waals surface area contributed by atoms with E-state index in [0.717, 1.165) is 20.6 Å². The number of nitrogens with one attached hydrogen (secondary N) is 2. The number of carbonyl (C=O) groups is 4. The van der Waals surface area contributed by atoms with Crippen molar-refractivity contribution in [2.45, 2.75) is 88.2 Å². The van der Waals surface area contributed by atoms with Crippen LogP contribution in [0.5, 0.6) is 11.5 Å². The van der Waals surface area contributed by atoms with Gasteiger partial charge in [-0.15, -0.1) is 23.5 Å². The van der Waals surface area contributed by atoms with Crippen molar-refractivity contribution in [2.24, 2.45) is 11.8 Å². The lowest BCUT2D eigenvalue weighted by Crippen LogP contribution is -2.57. The fourth-order valence-corrected chi connectivity index (χ4v) is 9.04. The first-order chi connectivity index (χ1) is 26.0. The molecule has 1 aliphatic heterocycles. The van der Waals surface area contributed by atoms with Crippen molar-refractivity contribution >= 4 is 54.8 Å². The van der Waals surface area contributed by atoms with Gasteiger partial charge in [-0.2, -0.15) is 0 Å². The van der Waals surface area contributed by atoms with Gasteiger partial charge in [-0.05, 0) is 92.6 Å². The highest BCUT2D eigenvalue weighted by molar-refractivity contribution is 7.98. The van der Waals surface area contributed by atoms with Gasteiger partial charge >= 0.3 is 19.3 Å². The van der Waals surface area contributed by atoms with E-state index in [0.29, 0.717) is 17.4 Å². The molecule has 2 heterocycles. The summed E-state index contributed by atoms with van der Waals surface area (Å²) in [5.41, 5.74) is -1.73. The highest BCUT2D eigenvalue weighted by atomic mass is 32.2. The number of aliphatic carboxylic acids is 1. The first kappa shape index (κ1) is 43.3. The summed E-state index contributed by atoms with van der Waals surface area (Å²) in [5.74, 6) is -4.69. The molecule has 4 rings (SSSR count). The molecule has 0 aliphatic carbocycles. The lowest BCUT2D eigenvalue weighted by atomic mass is 10.0. The molecule has 0 spiro atoms. The van der Waals surface area contributed by atoms with E-state index in [1.165, 1.54) is 35.3 Å². The number of hydrogen-bond donors (Lipinski definition) is 3. The number of hydrogen-bond acceptors (Lipinski definition) is 11. The fraction of sp³-hybridized carbons (Fsp3) is 0.459. The molecular weight excluding hydrogens is 770 g/mol. The molecule has 298 valence electrons. The van der Waals surface area contributed by atoms with Crippen molar-refractivity contribution < 1.29 is 37.9 Å². The maximum absolute atomic E-state index is 14.9. The van der Waals surface area contributed by atoms with Crippen LogP contribution in [0.4, 0.5) is 0 Å². The number of amides is 3. The Kier molecular flexibility index (Phi) is 14.9. The first-order valence-corrected chi connectivity index (χ1v) is 21.7. The van der Waals surface area contributed by atoms with Crippen LogP contribution in [0.2, 0.25) is 0 Å². The lowest BCUT2D eigenvalue weighted by Gasteiger charge is -2.34. The molecule has 3 N–H and O–H groups in total. The number of nitrogens with zero attached hydrogens (tertiary/aromatic N) is 3. The number of carbonyl (C=O) groups excluding carboxylic acids is 3. The average Bonchev–Trinajstić information content (AvgIpc) is 3.64. The topological polar surface area (TPSA) is 195 Å². The summed E-state index contributed by atoms with van der Waals surface area (Å²) in [5, 5.41) is 14.7. The zero-order valence-corrected chi connectivity index (χ0v) is 34.4. The van der Waals surface area contributed by atoms with E-state index in [9.17, 15) is 33.3 Å². The Morgan fingerprint density at radius 3 is 1.89 bits per heavy atom. The van der Waals surface area contributed by atoms with Crippen molar-refractivity contribution in [3.8, 4) is 11.5 Å². The van der Waals surface area contributed by atoms with Crippen LogP contribution in [-0.4, -0.2) is 79.8 Å². The van der Waals surface area contributed by atoms with E-state index in [2.05, 4.69) is 10.6 Å². The quantitative estimate of drug-likeness (QED) is 0.128. The molecule has 2 aromatic carbocycles. The highest BCUT2D eigenvalue weighted by Gasteiger charge is 2.46. The summed E-state index contributed by atoms with van der Waals surface area (Å²) >= 11 is 3.07. The van der Waals surface area contributed by atoms with Gasteiger partial charge < -0.3 is 29.7 Å². The van der Waals surface area contributed by atoms with E-state index in [4.69, 9.17) is 14.2 Å². The predicted octanol–water partition coefficient (Wildman–Crippen LogP) is 4.43. The summed E-state index contributed by atoms with van der Waals surface area (Å²) in [6.07, 6.45) is 5.81. The minimum absolute atomic E-state index is 0.0538. The second kappa shape index (κ2) is 18.9. The molecule has 3 atom stereocenters. The molecule has 0 unspecified atom stereocenters. The van der Waals surface area contributed by atoms with E-state index in [1.54, 1.807) is 52.0 Å². The molecule has 1 fully saturated rings. The second-order valence-corrected chi connectivity index (χ2v) is 17.5. The van der Waals surface area contributed by atoms with Gasteiger partial charge in [0.05, 0.1) is 0 Å². The maximum Gasteiger partial charge on any atom is 0.453 e. The average molecular weight is 818 g/mol. The van der Waals surface area contributed by atoms with Crippen molar-refractivity contribution in [3.63, 3.8) is 0 Å². The maximum atomic E-state index is 14.9. The monoisotopic (exact) mass is 817 g/mol. The van der Waals surface area contributed by atoms with Crippen LogP contribution in [-0.2, 0) is 36.8 Å². The smallest absolute Gasteiger partial charge is 0.453 e. The second-order valence-electron chi connectivity index (χ2n) is 13.8. The third-order valence-electron chi connectivity index (χ3n) is 8.95. The molecule has 0 saturated carbocycles. The number of aryl methyl sites for hydroxylation is 1. The normalized spacial score (nSPS) is 15.4. The molecule has 0 bridgehead atoms. The molecule has 3 aromatic rings. The van der Waals surface area contributed by atoms with Gasteiger partial charge in [0.25, 0.3) is 5.56 Å². The van der Waals surface area contributed by atoms with Crippen molar-refractivity contribution in [2.75, 3.05) is 19.1 Å². The number of benzene rings is 2. The van der Waals surface area contributed by atoms with Crippen LogP contribution >= 0.6 is 31.1 Å². The summed E-state index contributed by atoms with van der Waals surface area (Å²) in [7, 11) is -4.21. The van der Waals surface area contributed by atoms with E-state index in [-0.39, 0.29) is 23.6 Å². The Hall–Kier alpha value is -4.47. The molecule has 1 saturated heterocycles. The number of aromatic nitrogens is 2.